The van der Waals surface area contributed by atoms with E-state index in [0.29, 0.717) is 0 Å². The zero-order valence-corrected chi connectivity index (χ0v) is 25.0. The van der Waals surface area contributed by atoms with E-state index in [9.17, 15) is 9.90 Å². The van der Waals surface area contributed by atoms with E-state index in [4.69, 9.17) is 9.16 Å². The summed E-state index contributed by atoms with van der Waals surface area (Å²) in [7, 11) is -2.12. The van der Waals surface area contributed by atoms with Crippen molar-refractivity contribution in [2.75, 3.05) is 0 Å². The summed E-state index contributed by atoms with van der Waals surface area (Å²) in [5.74, 6) is -0.192. The molecule has 0 amide bonds. The number of benzene rings is 3. The fourth-order valence-corrected chi connectivity index (χ4v) is 5.65. The molecule has 0 fully saturated rings. The minimum Gasteiger partial charge on any atom is -0.407 e. The van der Waals surface area contributed by atoms with Crippen LogP contribution in [0.4, 0.5) is 0 Å². The molecule has 0 saturated heterocycles. The van der Waals surface area contributed by atoms with Gasteiger partial charge in [0.05, 0.1) is 0 Å². The summed E-state index contributed by atoms with van der Waals surface area (Å²) in [4.78, 5) is 12.9. The number of ketones is 1. The quantitative estimate of drug-likeness (QED) is 0.112. The van der Waals surface area contributed by atoms with Crippen LogP contribution in [-0.2, 0) is 19.6 Å². The lowest BCUT2D eigenvalue weighted by Crippen LogP contribution is -2.45. The monoisotopic (exact) mass is 542 g/mol. The molecule has 0 unspecified atom stereocenters. The Balaban J connectivity index is 1.96. The summed E-state index contributed by atoms with van der Waals surface area (Å²) in [6, 6.07) is 29.8. The van der Waals surface area contributed by atoms with Crippen molar-refractivity contribution < 1.29 is 19.1 Å². The Bertz CT molecular complexity index is 1130. The lowest BCUT2D eigenvalue weighted by Gasteiger charge is -2.39. The first-order chi connectivity index (χ1) is 18.4. The molecule has 0 spiro atoms. The first-order valence-electron chi connectivity index (χ1n) is 13.5. The Hall–Kier alpha value is -3.09. The van der Waals surface area contributed by atoms with E-state index in [-0.39, 0.29) is 10.8 Å². The first-order valence-corrected chi connectivity index (χ1v) is 16.4. The summed E-state index contributed by atoms with van der Waals surface area (Å²) in [6.45, 7) is 16.4. The number of aliphatic hydroxyl groups is 1. The topological polar surface area (TPSA) is 55.8 Å². The molecule has 206 valence electrons. The molecule has 5 heteroatoms. The minimum absolute atomic E-state index is 0.0117. The lowest BCUT2D eigenvalue weighted by molar-refractivity contribution is -0.120. The van der Waals surface area contributed by atoms with E-state index in [0.717, 1.165) is 16.7 Å². The van der Waals surface area contributed by atoms with E-state index >= 15 is 0 Å². The third kappa shape index (κ3) is 7.11. The largest absolute Gasteiger partial charge is 0.407 e. The van der Waals surface area contributed by atoms with Gasteiger partial charge in [-0.3, -0.25) is 4.79 Å². The summed E-state index contributed by atoms with van der Waals surface area (Å²) in [5.41, 5.74) is 1.72. The summed E-state index contributed by atoms with van der Waals surface area (Å²) >= 11 is 0. The molecule has 0 saturated carbocycles. The smallest absolute Gasteiger partial charge is 0.193 e. The SMILES string of the molecule is C=C[C@H](OC(c1ccccc1)(c1ccccc1)c1ccccc1)[C@@H](O)/C=C/C(=O)[C@H](C)O[Si](C)(C)C(C)(C)C. The second-order valence-electron chi connectivity index (χ2n) is 11.4. The molecule has 0 bridgehead atoms. The van der Waals surface area contributed by atoms with E-state index in [2.05, 4.69) is 40.4 Å². The third-order valence-corrected chi connectivity index (χ3v) is 12.1. The highest BCUT2D eigenvalue weighted by Crippen LogP contribution is 2.42. The zero-order valence-electron chi connectivity index (χ0n) is 24.0. The van der Waals surface area contributed by atoms with Gasteiger partial charge in [-0.25, -0.2) is 0 Å². The molecule has 3 aromatic rings. The van der Waals surface area contributed by atoms with Crippen LogP contribution in [0.25, 0.3) is 0 Å². The summed E-state index contributed by atoms with van der Waals surface area (Å²) in [6.07, 6.45) is 1.94. The number of carbonyl (C=O) groups excluding carboxylic acids is 1. The van der Waals surface area contributed by atoms with Gasteiger partial charge in [-0.2, -0.15) is 0 Å². The summed E-state index contributed by atoms with van der Waals surface area (Å²) < 4.78 is 13.1. The number of ether oxygens (including phenoxy) is 1. The average Bonchev–Trinajstić information content (AvgIpc) is 2.93. The second-order valence-corrected chi connectivity index (χ2v) is 16.1. The van der Waals surface area contributed by atoms with Crippen molar-refractivity contribution in [3.8, 4) is 0 Å². The normalized spacial score (nSPS) is 15.1. The molecule has 4 nitrogen and oxygen atoms in total. The molecule has 1 N–H and O–H groups in total. The molecule has 0 aromatic heterocycles. The molecule has 0 aliphatic rings. The second kappa shape index (κ2) is 12.8. The highest BCUT2D eigenvalue weighted by Gasteiger charge is 2.41. The van der Waals surface area contributed by atoms with Gasteiger partial charge in [-0.1, -0.05) is 118 Å². The maximum absolute atomic E-state index is 12.9. The average molecular weight is 543 g/mol. The van der Waals surface area contributed by atoms with E-state index < -0.39 is 32.2 Å². The maximum Gasteiger partial charge on any atom is 0.193 e. The fraction of sp³-hybridized carbons (Fsp3) is 0.324. The van der Waals surface area contributed by atoms with Crippen LogP contribution in [0.2, 0.25) is 18.1 Å². The van der Waals surface area contributed by atoms with Crippen LogP contribution < -0.4 is 0 Å². The molecule has 3 rings (SSSR count). The van der Waals surface area contributed by atoms with Crippen molar-refractivity contribution in [2.24, 2.45) is 0 Å². The van der Waals surface area contributed by atoms with Crippen molar-refractivity contribution in [1.82, 2.24) is 0 Å². The molecular formula is C34H42O4Si. The number of rotatable bonds is 12. The first kappa shape index (κ1) is 30.4. The fourth-order valence-electron chi connectivity index (χ4n) is 4.30. The van der Waals surface area contributed by atoms with Crippen molar-refractivity contribution in [2.45, 2.75) is 69.7 Å². The number of hydrogen-bond donors (Lipinski definition) is 1. The van der Waals surface area contributed by atoms with Crippen LogP contribution >= 0.6 is 0 Å². The minimum atomic E-state index is -2.12. The molecular weight excluding hydrogens is 500 g/mol. The number of carbonyl (C=O) groups is 1. The zero-order chi connectivity index (χ0) is 28.7. The molecule has 0 aliphatic carbocycles. The van der Waals surface area contributed by atoms with E-state index in [1.807, 2.05) is 91.0 Å². The highest BCUT2D eigenvalue weighted by atomic mass is 28.4. The number of hydrogen-bond acceptors (Lipinski definition) is 4. The van der Waals surface area contributed by atoms with Crippen LogP contribution in [0.5, 0.6) is 0 Å². The lowest BCUT2D eigenvalue weighted by atomic mass is 9.79. The van der Waals surface area contributed by atoms with Crippen LogP contribution in [-0.4, -0.2) is 37.5 Å². The van der Waals surface area contributed by atoms with Gasteiger partial charge in [0, 0.05) is 0 Å². The summed E-state index contributed by atoms with van der Waals surface area (Å²) in [5, 5.41) is 11.2. The van der Waals surface area contributed by atoms with Gasteiger partial charge >= 0.3 is 0 Å². The van der Waals surface area contributed by atoms with Crippen LogP contribution in [0.1, 0.15) is 44.4 Å². The molecule has 0 heterocycles. The van der Waals surface area contributed by atoms with Gasteiger partial charge in [0.25, 0.3) is 0 Å². The Kier molecular flexibility index (Phi) is 10.0. The Labute approximate surface area is 235 Å². The predicted molar refractivity (Wildman–Crippen MR) is 162 cm³/mol. The molecule has 39 heavy (non-hydrogen) atoms. The van der Waals surface area contributed by atoms with Crippen LogP contribution in [0, 0.1) is 0 Å². The van der Waals surface area contributed by atoms with Gasteiger partial charge in [0.1, 0.15) is 23.9 Å². The van der Waals surface area contributed by atoms with Gasteiger partial charge in [0.2, 0.25) is 0 Å². The van der Waals surface area contributed by atoms with Gasteiger partial charge < -0.3 is 14.3 Å². The molecule has 0 aliphatic heterocycles. The Morgan fingerprint density at radius 2 is 1.26 bits per heavy atom. The number of aliphatic hydroxyl groups excluding tert-OH is 1. The van der Waals surface area contributed by atoms with Crippen molar-refractivity contribution in [1.29, 1.82) is 0 Å². The third-order valence-electron chi connectivity index (χ3n) is 7.56. The van der Waals surface area contributed by atoms with Crippen molar-refractivity contribution in [3.63, 3.8) is 0 Å². The highest BCUT2D eigenvalue weighted by molar-refractivity contribution is 6.74. The molecule has 3 atom stereocenters. The molecule has 3 aromatic carbocycles. The van der Waals surface area contributed by atoms with Crippen LogP contribution in [0.15, 0.2) is 116 Å². The standard InChI is InChI=1S/C34H42O4Si/c1-8-32(31(36)25-24-30(35)26(2)38-39(6,7)33(3,4)5)37-34(27-18-12-9-13-19-27,28-20-14-10-15-21-28)29-22-16-11-17-23-29/h8-26,31-32,36H,1H2,2-7H3/b25-24+/t26-,31-,32-/m0/s1. The maximum atomic E-state index is 12.9. The van der Waals surface area contributed by atoms with Gasteiger partial charge in [0.15, 0.2) is 14.1 Å². The van der Waals surface area contributed by atoms with E-state index in [1.54, 1.807) is 13.0 Å². The van der Waals surface area contributed by atoms with Gasteiger partial charge in [-0.15, -0.1) is 6.58 Å². The van der Waals surface area contributed by atoms with E-state index in [1.165, 1.54) is 12.2 Å². The van der Waals surface area contributed by atoms with Gasteiger partial charge in [-0.05, 0) is 53.9 Å². The Morgan fingerprint density at radius 1 is 0.846 bits per heavy atom. The predicted octanol–water partition coefficient (Wildman–Crippen LogP) is 7.45. The van der Waals surface area contributed by atoms with Crippen molar-refractivity contribution in [3.05, 3.63) is 132 Å². The van der Waals surface area contributed by atoms with Crippen molar-refractivity contribution >= 4 is 14.1 Å². The Morgan fingerprint density at radius 3 is 1.62 bits per heavy atom. The molecule has 0 radical (unpaired) electrons. The van der Waals surface area contributed by atoms with Crippen LogP contribution in [0.3, 0.4) is 0 Å².